The van der Waals surface area contributed by atoms with Crippen LogP contribution in [0.4, 0.5) is 5.69 Å². The minimum atomic E-state index is 0.707. The first-order valence-electron chi connectivity index (χ1n) is 5.02. The van der Waals surface area contributed by atoms with Gasteiger partial charge in [0.15, 0.2) is 0 Å². The lowest BCUT2D eigenvalue weighted by Gasteiger charge is -2.05. The molecule has 0 heterocycles. The molecule has 0 amide bonds. The molecular weight excluding hydrogens is 234 g/mol. The second kappa shape index (κ2) is 7.60. The Balaban J connectivity index is 0.000000437. The molecule has 0 aliphatic rings. The van der Waals surface area contributed by atoms with Gasteiger partial charge in [-0.25, -0.2) is 0 Å². The number of ether oxygens (including phenoxy) is 1. The zero-order chi connectivity index (χ0) is 12.5. The molecule has 0 aliphatic heterocycles. The van der Waals surface area contributed by atoms with Crippen LogP contribution in [0, 0.1) is 0 Å². The van der Waals surface area contributed by atoms with E-state index in [0.717, 1.165) is 11.5 Å². The molecule has 0 bridgehead atoms. The minimum absolute atomic E-state index is 0.707. The Hall–Kier alpha value is -1.65. The van der Waals surface area contributed by atoms with E-state index in [-0.39, 0.29) is 0 Å². The van der Waals surface area contributed by atoms with E-state index in [2.05, 4.69) is 17.1 Å². The number of thiol groups is 1. The van der Waals surface area contributed by atoms with E-state index in [0.29, 0.717) is 5.69 Å². The largest absolute Gasteiger partial charge is 0.457 e. The van der Waals surface area contributed by atoms with Crippen molar-refractivity contribution in [2.24, 2.45) is 0 Å². The van der Waals surface area contributed by atoms with Crippen LogP contribution < -0.4 is 10.5 Å². The van der Waals surface area contributed by atoms with Crippen molar-refractivity contribution >= 4 is 18.6 Å². The highest BCUT2D eigenvalue weighted by atomic mass is 32.1. The number of nitrogens with two attached hydrogens (primary N) is 1. The predicted octanol–water partition coefficient (Wildman–Crippen LogP) is 3.54. The first kappa shape index (κ1) is 13.4. The summed E-state index contributed by atoms with van der Waals surface area (Å²) in [5, 5.41) is 0. The minimum Gasteiger partial charge on any atom is -0.457 e. The molecule has 2 N–H and O–H groups in total. The molecule has 0 spiro atoms. The van der Waals surface area contributed by atoms with E-state index >= 15 is 0 Å². The molecule has 0 fully saturated rings. The molecule has 0 saturated carbocycles. The third kappa shape index (κ3) is 5.29. The van der Waals surface area contributed by atoms with E-state index in [1.165, 1.54) is 7.11 Å². The van der Waals surface area contributed by atoms with Gasteiger partial charge in [-0.05, 0) is 37.2 Å². The summed E-state index contributed by atoms with van der Waals surface area (Å²) in [6.45, 7) is 0. The van der Waals surface area contributed by atoms with Crippen molar-refractivity contribution in [2.75, 3.05) is 12.8 Å². The number of anilines is 1. The molecule has 0 unspecified atom stereocenters. The van der Waals surface area contributed by atoms with Crippen LogP contribution in [-0.4, -0.2) is 7.11 Å². The summed E-state index contributed by atoms with van der Waals surface area (Å²) in [4.78, 5) is 0. The number of rotatable bonds is 2. The maximum atomic E-state index is 5.63. The van der Waals surface area contributed by atoms with Crippen LogP contribution in [0.25, 0.3) is 0 Å². The van der Waals surface area contributed by atoms with Crippen LogP contribution >= 0.6 is 12.9 Å². The van der Waals surface area contributed by atoms with Crippen LogP contribution in [0.1, 0.15) is 0 Å². The molecule has 4 heteroatoms. The monoisotopic (exact) mass is 249 g/mol. The fourth-order valence-electron chi connectivity index (χ4n) is 1.20. The zero-order valence-corrected chi connectivity index (χ0v) is 10.4. The second-order valence-electron chi connectivity index (χ2n) is 3.17. The Bertz CT molecular complexity index is 434. The van der Waals surface area contributed by atoms with Gasteiger partial charge in [0.25, 0.3) is 0 Å². The van der Waals surface area contributed by atoms with Gasteiger partial charge in [-0.15, -0.1) is 0 Å². The fraction of sp³-hybridized carbons (Fsp3) is 0.0769. The molecule has 0 aromatic heterocycles. The van der Waals surface area contributed by atoms with Gasteiger partial charge < -0.3 is 14.7 Å². The number of benzene rings is 2. The summed E-state index contributed by atoms with van der Waals surface area (Å²) in [7, 11) is 1.49. The summed E-state index contributed by atoms with van der Waals surface area (Å²) in [5.41, 5.74) is 6.34. The van der Waals surface area contributed by atoms with E-state index < -0.39 is 0 Å². The average Bonchev–Trinajstić information content (AvgIpc) is 2.31. The van der Waals surface area contributed by atoms with Gasteiger partial charge in [-0.3, -0.25) is 0 Å². The number of hydrogen-bond acceptors (Lipinski definition) is 4. The third-order valence-electron chi connectivity index (χ3n) is 1.84. The Kier molecular flexibility index (Phi) is 5.99. The van der Waals surface area contributed by atoms with Crippen LogP contribution in [0.5, 0.6) is 11.5 Å². The van der Waals surface area contributed by atoms with Gasteiger partial charge in [0.1, 0.15) is 11.5 Å². The standard InChI is InChI=1S/C12H11NO.CH4OS/c13-10-5-4-8-12(9-10)14-11-6-2-1-3-7-11;1-2-3/h1-9H,13H2;3H,1H3. The van der Waals surface area contributed by atoms with E-state index in [1.807, 2.05) is 48.5 Å². The topological polar surface area (TPSA) is 44.5 Å². The molecule has 0 aliphatic carbocycles. The van der Waals surface area contributed by atoms with Crippen molar-refractivity contribution in [2.45, 2.75) is 0 Å². The van der Waals surface area contributed by atoms with Crippen molar-refractivity contribution in [1.29, 1.82) is 0 Å². The van der Waals surface area contributed by atoms with Gasteiger partial charge >= 0.3 is 0 Å². The van der Waals surface area contributed by atoms with Gasteiger partial charge in [-0.2, -0.15) is 0 Å². The van der Waals surface area contributed by atoms with Gasteiger partial charge in [0.2, 0.25) is 0 Å². The SMILES string of the molecule is COS.Nc1cccc(Oc2ccccc2)c1. The lowest BCUT2D eigenvalue weighted by Crippen LogP contribution is -1.86. The molecule has 17 heavy (non-hydrogen) atoms. The third-order valence-corrected chi connectivity index (χ3v) is 1.84. The molecule has 0 atom stereocenters. The Labute approximate surface area is 107 Å². The predicted molar refractivity (Wildman–Crippen MR) is 73.4 cm³/mol. The quantitative estimate of drug-likeness (QED) is 0.486. The molecule has 2 rings (SSSR count). The molecule has 0 radical (unpaired) electrons. The maximum absolute atomic E-state index is 5.63. The smallest absolute Gasteiger partial charge is 0.129 e. The second-order valence-corrected chi connectivity index (χ2v) is 3.54. The molecule has 2 aromatic rings. The van der Waals surface area contributed by atoms with Crippen molar-refractivity contribution < 1.29 is 8.92 Å². The lowest BCUT2D eigenvalue weighted by molar-refractivity contribution is 0.483. The summed E-state index contributed by atoms with van der Waals surface area (Å²) in [6, 6.07) is 17.0. The van der Waals surface area contributed by atoms with Crippen LogP contribution in [0.3, 0.4) is 0 Å². The average molecular weight is 249 g/mol. The van der Waals surface area contributed by atoms with Crippen LogP contribution in [0.2, 0.25) is 0 Å². The highest BCUT2D eigenvalue weighted by Crippen LogP contribution is 2.22. The molecule has 3 nitrogen and oxygen atoms in total. The van der Waals surface area contributed by atoms with Crippen LogP contribution in [-0.2, 0) is 4.18 Å². The van der Waals surface area contributed by atoms with Gasteiger partial charge in [0.05, 0.1) is 0 Å². The molecule has 90 valence electrons. The van der Waals surface area contributed by atoms with Gasteiger partial charge in [-0.1, -0.05) is 24.3 Å². The lowest BCUT2D eigenvalue weighted by atomic mass is 10.3. The normalized spacial score (nSPS) is 9.06. The Morgan fingerprint density at radius 1 is 0.941 bits per heavy atom. The summed E-state index contributed by atoms with van der Waals surface area (Å²) < 4.78 is 9.52. The Morgan fingerprint density at radius 2 is 1.53 bits per heavy atom. The summed E-state index contributed by atoms with van der Waals surface area (Å²) in [5.74, 6) is 1.58. The van der Waals surface area contributed by atoms with E-state index in [1.54, 1.807) is 6.07 Å². The van der Waals surface area contributed by atoms with Crippen molar-refractivity contribution in [3.05, 3.63) is 54.6 Å². The van der Waals surface area contributed by atoms with Crippen molar-refractivity contribution in [1.82, 2.24) is 0 Å². The zero-order valence-electron chi connectivity index (χ0n) is 9.54. The van der Waals surface area contributed by atoms with E-state index in [9.17, 15) is 0 Å². The first-order valence-corrected chi connectivity index (χ1v) is 5.38. The van der Waals surface area contributed by atoms with E-state index in [4.69, 9.17) is 10.5 Å². The Morgan fingerprint density at radius 3 is 2.12 bits per heavy atom. The first-order chi connectivity index (χ1) is 8.26. The summed E-state index contributed by atoms with van der Waals surface area (Å²) >= 11 is 3.29. The number of hydrogen-bond donors (Lipinski definition) is 2. The van der Waals surface area contributed by atoms with Crippen molar-refractivity contribution in [3.8, 4) is 11.5 Å². The molecule has 2 aromatic carbocycles. The maximum Gasteiger partial charge on any atom is 0.129 e. The van der Waals surface area contributed by atoms with Crippen molar-refractivity contribution in [3.63, 3.8) is 0 Å². The van der Waals surface area contributed by atoms with Gasteiger partial charge in [0, 0.05) is 18.9 Å². The summed E-state index contributed by atoms with van der Waals surface area (Å²) in [6.07, 6.45) is 0. The number of nitrogen functional groups attached to an aromatic ring is 1. The number of para-hydroxylation sites is 1. The highest BCUT2D eigenvalue weighted by Gasteiger charge is 1.95. The molecule has 0 saturated heterocycles. The van der Waals surface area contributed by atoms with Crippen LogP contribution in [0.15, 0.2) is 54.6 Å². The highest BCUT2D eigenvalue weighted by molar-refractivity contribution is 7.75. The molecular formula is C13H15NO2S. The fourth-order valence-corrected chi connectivity index (χ4v) is 1.20.